The van der Waals surface area contributed by atoms with Crippen LogP contribution in [-0.4, -0.2) is 13.0 Å². The molecule has 5 heteroatoms. The molecule has 0 aliphatic carbocycles. The number of hydrogen-bond acceptors (Lipinski definition) is 3. The van der Waals surface area contributed by atoms with E-state index in [0.717, 1.165) is 0 Å². The summed E-state index contributed by atoms with van der Waals surface area (Å²) in [5.41, 5.74) is 1.01. The van der Waals surface area contributed by atoms with Gasteiger partial charge >= 0.3 is 0 Å². The van der Waals surface area contributed by atoms with E-state index >= 15 is 0 Å². The molecule has 0 saturated carbocycles. The summed E-state index contributed by atoms with van der Waals surface area (Å²) in [6.07, 6.45) is 0. The van der Waals surface area contributed by atoms with Crippen molar-refractivity contribution in [3.8, 4) is 17.2 Å². The van der Waals surface area contributed by atoms with Gasteiger partial charge in [0.2, 0.25) is 0 Å². The van der Waals surface area contributed by atoms with Crippen LogP contribution in [0.3, 0.4) is 0 Å². The van der Waals surface area contributed by atoms with E-state index in [2.05, 4.69) is 5.32 Å². The van der Waals surface area contributed by atoms with Crippen LogP contribution in [0.1, 0.15) is 10.4 Å². The molecule has 0 bridgehead atoms. The van der Waals surface area contributed by atoms with Crippen LogP contribution < -0.4 is 14.8 Å². The molecule has 0 fully saturated rings. The average Bonchev–Trinajstić information content (AvgIpc) is 2.64. The number of anilines is 1. The Morgan fingerprint density at radius 2 is 1.56 bits per heavy atom. The zero-order valence-corrected chi connectivity index (χ0v) is 13.5. The molecule has 0 radical (unpaired) electrons. The maximum Gasteiger partial charge on any atom is 0.255 e. The second kappa shape index (κ2) is 7.49. The van der Waals surface area contributed by atoms with Gasteiger partial charge in [-0.15, -0.1) is 0 Å². The van der Waals surface area contributed by atoms with E-state index in [0.29, 0.717) is 28.5 Å². The summed E-state index contributed by atoms with van der Waals surface area (Å²) < 4.78 is 23.8. The first-order valence-electron chi connectivity index (χ1n) is 7.63. The highest BCUT2D eigenvalue weighted by Gasteiger charge is 2.06. The van der Waals surface area contributed by atoms with Crippen molar-refractivity contribution in [3.05, 3.63) is 84.2 Å². The molecule has 4 nitrogen and oxygen atoms in total. The van der Waals surface area contributed by atoms with Gasteiger partial charge in [0.05, 0.1) is 7.11 Å². The summed E-state index contributed by atoms with van der Waals surface area (Å²) in [6.45, 7) is 0. The zero-order valence-electron chi connectivity index (χ0n) is 13.5. The van der Waals surface area contributed by atoms with Crippen LogP contribution in [0.15, 0.2) is 72.8 Å². The van der Waals surface area contributed by atoms with Gasteiger partial charge in [-0.05, 0) is 60.7 Å². The van der Waals surface area contributed by atoms with Crippen molar-refractivity contribution >= 4 is 11.6 Å². The molecule has 3 rings (SSSR count). The minimum Gasteiger partial charge on any atom is -0.497 e. The summed E-state index contributed by atoms with van der Waals surface area (Å²) in [5, 5.41) is 2.75. The molecule has 1 N–H and O–H groups in total. The Balaban J connectivity index is 1.65. The predicted molar refractivity (Wildman–Crippen MR) is 93.9 cm³/mol. The largest absolute Gasteiger partial charge is 0.497 e. The molecule has 0 aliphatic rings. The van der Waals surface area contributed by atoms with Gasteiger partial charge in [-0.3, -0.25) is 4.79 Å². The van der Waals surface area contributed by atoms with Crippen LogP contribution in [0.25, 0.3) is 0 Å². The van der Waals surface area contributed by atoms with E-state index in [1.165, 1.54) is 24.3 Å². The molecule has 126 valence electrons. The maximum atomic E-state index is 12.9. The highest BCUT2D eigenvalue weighted by molar-refractivity contribution is 6.04. The predicted octanol–water partition coefficient (Wildman–Crippen LogP) is 4.88. The Morgan fingerprint density at radius 1 is 0.880 bits per heavy atom. The highest BCUT2D eigenvalue weighted by Crippen LogP contribution is 2.26. The van der Waals surface area contributed by atoms with Crippen LogP contribution in [0, 0.1) is 5.82 Å². The lowest BCUT2D eigenvalue weighted by molar-refractivity contribution is 0.102. The van der Waals surface area contributed by atoms with Gasteiger partial charge < -0.3 is 14.8 Å². The molecule has 3 aromatic carbocycles. The number of halogens is 1. The Hall–Kier alpha value is -3.34. The summed E-state index contributed by atoms with van der Waals surface area (Å²) >= 11 is 0. The van der Waals surface area contributed by atoms with Gasteiger partial charge in [0, 0.05) is 17.3 Å². The molecule has 0 saturated heterocycles. The van der Waals surface area contributed by atoms with Gasteiger partial charge in [-0.1, -0.05) is 6.07 Å². The molecule has 0 aromatic heterocycles. The standard InChI is InChI=1S/C20H16FNO3/c1-24-18-3-2-4-19(13-18)25-17-11-9-16(10-12-17)22-20(23)14-5-7-15(21)8-6-14/h2-13H,1H3,(H,22,23). The number of carbonyl (C=O) groups is 1. The van der Waals surface area contributed by atoms with Crippen molar-refractivity contribution in [2.45, 2.75) is 0 Å². The van der Waals surface area contributed by atoms with E-state index < -0.39 is 0 Å². The van der Waals surface area contributed by atoms with Gasteiger partial charge in [0.25, 0.3) is 5.91 Å². The molecule has 0 atom stereocenters. The van der Waals surface area contributed by atoms with Crippen molar-refractivity contribution in [1.82, 2.24) is 0 Å². The monoisotopic (exact) mass is 337 g/mol. The number of hydrogen-bond donors (Lipinski definition) is 1. The van der Waals surface area contributed by atoms with Gasteiger partial charge in [-0.2, -0.15) is 0 Å². The number of nitrogens with one attached hydrogen (secondary N) is 1. The van der Waals surface area contributed by atoms with E-state index in [-0.39, 0.29) is 11.7 Å². The maximum absolute atomic E-state index is 12.9. The van der Waals surface area contributed by atoms with Crippen LogP contribution in [-0.2, 0) is 0 Å². The lowest BCUT2D eigenvalue weighted by atomic mass is 10.2. The minimum absolute atomic E-state index is 0.304. The smallest absolute Gasteiger partial charge is 0.255 e. The quantitative estimate of drug-likeness (QED) is 0.722. The number of methoxy groups -OCH3 is 1. The van der Waals surface area contributed by atoms with E-state index in [4.69, 9.17) is 9.47 Å². The fourth-order valence-corrected chi connectivity index (χ4v) is 2.21. The van der Waals surface area contributed by atoms with Crippen LogP contribution in [0.4, 0.5) is 10.1 Å². The van der Waals surface area contributed by atoms with Crippen molar-refractivity contribution < 1.29 is 18.7 Å². The highest BCUT2D eigenvalue weighted by atomic mass is 19.1. The Morgan fingerprint density at radius 3 is 2.24 bits per heavy atom. The normalized spacial score (nSPS) is 10.2. The molecule has 0 spiro atoms. The van der Waals surface area contributed by atoms with Crippen molar-refractivity contribution in [2.75, 3.05) is 12.4 Å². The van der Waals surface area contributed by atoms with Gasteiger partial charge in [-0.25, -0.2) is 4.39 Å². The third kappa shape index (κ3) is 4.35. The van der Waals surface area contributed by atoms with Crippen molar-refractivity contribution in [1.29, 1.82) is 0 Å². The topological polar surface area (TPSA) is 47.6 Å². The number of carbonyl (C=O) groups excluding carboxylic acids is 1. The van der Waals surface area contributed by atoms with Crippen molar-refractivity contribution in [3.63, 3.8) is 0 Å². The zero-order chi connectivity index (χ0) is 17.6. The fraction of sp³-hybridized carbons (Fsp3) is 0.0500. The molecule has 0 aliphatic heterocycles. The Kier molecular flexibility index (Phi) is 4.95. The lowest BCUT2D eigenvalue weighted by Gasteiger charge is -2.09. The number of amides is 1. The molecular weight excluding hydrogens is 321 g/mol. The summed E-state index contributed by atoms with van der Waals surface area (Å²) in [7, 11) is 1.59. The average molecular weight is 337 g/mol. The van der Waals surface area contributed by atoms with Crippen molar-refractivity contribution in [2.24, 2.45) is 0 Å². The summed E-state index contributed by atoms with van der Waals surface area (Å²) in [6, 6.07) is 19.6. The van der Waals surface area contributed by atoms with E-state index in [1.54, 1.807) is 37.4 Å². The molecular formula is C20H16FNO3. The first kappa shape index (κ1) is 16.5. The fourth-order valence-electron chi connectivity index (χ4n) is 2.21. The minimum atomic E-state index is -0.379. The first-order valence-corrected chi connectivity index (χ1v) is 7.63. The number of benzene rings is 3. The van der Waals surface area contributed by atoms with Crippen LogP contribution in [0.2, 0.25) is 0 Å². The molecule has 3 aromatic rings. The first-order chi connectivity index (χ1) is 12.1. The van der Waals surface area contributed by atoms with E-state index in [9.17, 15) is 9.18 Å². The summed E-state index contributed by atoms with van der Waals surface area (Å²) in [5.74, 6) is 1.31. The third-order valence-electron chi connectivity index (χ3n) is 3.50. The molecule has 25 heavy (non-hydrogen) atoms. The van der Waals surface area contributed by atoms with Crippen LogP contribution >= 0.6 is 0 Å². The number of ether oxygens (including phenoxy) is 2. The number of rotatable bonds is 5. The molecule has 0 unspecified atom stereocenters. The van der Waals surface area contributed by atoms with Gasteiger partial charge in [0.1, 0.15) is 23.1 Å². The van der Waals surface area contributed by atoms with Crippen LogP contribution in [0.5, 0.6) is 17.2 Å². The van der Waals surface area contributed by atoms with E-state index in [1.807, 2.05) is 18.2 Å². The summed E-state index contributed by atoms with van der Waals surface area (Å²) in [4.78, 5) is 12.1. The lowest BCUT2D eigenvalue weighted by Crippen LogP contribution is -2.11. The molecule has 1 amide bonds. The Bertz CT molecular complexity index is 861. The third-order valence-corrected chi connectivity index (χ3v) is 3.50. The Labute approximate surface area is 144 Å². The second-order valence-electron chi connectivity index (χ2n) is 5.27. The second-order valence-corrected chi connectivity index (χ2v) is 5.27. The van der Waals surface area contributed by atoms with Gasteiger partial charge in [0.15, 0.2) is 0 Å². The molecule has 0 heterocycles. The SMILES string of the molecule is COc1cccc(Oc2ccc(NC(=O)c3ccc(F)cc3)cc2)c1.